The number of carbonyl (C=O) groups excluding carboxylic acids is 2. The Morgan fingerprint density at radius 3 is 2.32 bits per heavy atom. The second-order valence-corrected chi connectivity index (χ2v) is 5.49. The largest absolute Gasteiger partial charge is 0.343 e. The van der Waals surface area contributed by atoms with Gasteiger partial charge in [-0.1, -0.05) is 48.5 Å². The van der Waals surface area contributed by atoms with Gasteiger partial charge in [-0.15, -0.1) is 0 Å². The lowest BCUT2D eigenvalue weighted by molar-refractivity contribution is -0.115. The van der Waals surface area contributed by atoms with E-state index in [4.69, 9.17) is 0 Å². The molecule has 3 rings (SSSR count). The minimum absolute atomic E-state index is 0.114. The van der Waals surface area contributed by atoms with Crippen molar-refractivity contribution in [3.63, 3.8) is 0 Å². The molecule has 3 aromatic rings. The van der Waals surface area contributed by atoms with Crippen molar-refractivity contribution in [2.24, 2.45) is 7.05 Å². The SMILES string of the molecule is Cn1ncc(NC(=O)CNC(=O)c2ccccc2)c1-c1ccccc1. The van der Waals surface area contributed by atoms with Crippen LogP contribution in [0.1, 0.15) is 10.4 Å². The average molecular weight is 334 g/mol. The molecule has 0 unspecified atom stereocenters. The van der Waals surface area contributed by atoms with Gasteiger partial charge >= 0.3 is 0 Å². The number of amides is 2. The molecule has 2 amide bonds. The first kappa shape index (κ1) is 16.4. The van der Waals surface area contributed by atoms with E-state index in [1.165, 1.54) is 0 Å². The summed E-state index contributed by atoms with van der Waals surface area (Å²) in [7, 11) is 1.81. The topological polar surface area (TPSA) is 76.0 Å². The zero-order valence-electron chi connectivity index (χ0n) is 13.8. The molecule has 126 valence electrons. The molecule has 25 heavy (non-hydrogen) atoms. The zero-order chi connectivity index (χ0) is 17.6. The van der Waals surface area contributed by atoms with Gasteiger partial charge in [-0.25, -0.2) is 0 Å². The van der Waals surface area contributed by atoms with Crippen molar-refractivity contribution in [1.29, 1.82) is 0 Å². The van der Waals surface area contributed by atoms with Gasteiger partial charge in [-0.3, -0.25) is 14.3 Å². The van der Waals surface area contributed by atoms with Crippen molar-refractivity contribution in [3.05, 3.63) is 72.4 Å². The molecule has 1 heterocycles. The normalized spacial score (nSPS) is 10.3. The lowest BCUT2D eigenvalue weighted by atomic mass is 10.1. The van der Waals surface area contributed by atoms with Crippen molar-refractivity contribution in [2.75, 3.05) is 11.9 Å². The Morgan fingerprint density at radius 1 is 1.00 bits per heavy atom. The molecule has 6 heteroatoms. The monoisotopic (exact) mass is 334 g/mol. The Hall–Kier alpha value is -3.41. The number of hydrogen-bond acceptors (Lipinski definition) is 3. The van der Waals surface area contributed by atoms with Gasteiger partial charge in [0.15, 0.2) is 0 Å². The predicted octanol–water partition coefficient (Wildman–Crippen LogP) is 2.46. The Labute approximate surface area is 145 Å². The molecule has 0 aliphatic heterocycles. The lowest BCUT2D eigenvalue weighted by Crippen LogP contribution is -2.32. The fraction of sp³-hybridized carbons (Fsp3) is 0.105. The summed E-state index contributed by atoms with van der Waals surface area (Å²) < 4.78 is 1.70. The summed E-state index contributed by atoms with van der Waals surface area (Å²) in [5.74, 6) is -0.598. The second-order valence-electron chi connectivity index (χ2n) is 5.49. The highest BCUT2D eigenvalue weighted by Gasteiger charge is 2.14. The first-order valence-corrected chi connectivity index (χ1v) is 7.85. The first-order valence-electron chi connectivity index (χ1n) is 7.85. The van der Waals surface area contributed by atoms with Crippen LogP contribution in [0.25, 0.3) is 11.3 Å². The average Bonchev–Trinajstić information content (AvgIpc) is 3.01. The smallest absolute Gasteiger partial charge is 0.251 e. The molecule has 0 radical (unpaired) electrons. The van der Waals surface area contributed by atoms with E-state index in [0.717, 1.165) is 11.3 Å². The van der Waals surface area contributed by atoms with E-state index >= 15 is 0 Å². The third-order valence-corrected chi connectivity index (χ3v) is 3.71. The first-order chi connectivity index (χ1) is 12.1. The van der Waals surface area contributed by atoms with E-state index in [-0.39, 0.29) is 18.4 Å². The molecule has 0 bridgehead atoms. The molecule has 0 saturated heterocycles. The molecule has 0 atom stereocenters. The fourth-order valence-electron chi connectivity index (χ4n) is 2.51. The van der Waals surface area contributed by atoms with Crippen molar-refractivity contribution in [1.82, 2.24) is 15.1 Å². The van der Waals surface area contributed by atoms with E-state index < -0.39 is 0 Å². The number of hydrogen-bond donors (Lipinski definition) is 2. The summed E-state index contributed by atoms with van der Waals surface area (Å²) in [5.41, 5.74) is 2.88. The minimum atomic E-state index is -0.311. The van der Waals surface area contributed by atoms with Gasteiger partial charge in [0.25, 0.3) is 5.91 Å². The second kappa shape index (κ2) is 7.44. The summed E-state index contributed by atoms with van der Waals surface area (Å²) in [6, 6.07) is 18.4. The van der Waals surface area contributed by atoms with Crippen LogP contribution in [0.15, 0.2) is 66.9 Å². The van der Waals surface area contributed by atoms with Gasteiger partial charge in [-0.2, -0.15) is 5.10 Å². The standard InChI is InChI=1S/C19H18N4O2/c1-23-18(14-8-4-2-5-9-14)16(12-21-23)22-17(24)13-20-19(25)15-10-6-3-7-11-15/h2-12H,13H2,1H3,(H,20,25)(H,22,24). The maximum atomic E-state index is 12.2. The van der Waals surface area contributed by atoms with Crippen molar-refractivity contribution in [3.8, 4) is 11.3 Å². The maximum Gasteiger partial charge on any atom is 0.251 e. The molecule has 6 nitrogen and oxygen atoms in total. The zero-order valence-corrected chi connectivity index (χ0v) is 13.8. The molecular formula is C19H18N4O2. The van der Waals surface area contributed by atoms with Gasteiger partial charge in [0.1, 0.15) is 0 Å². The predicted molar refractivity (Wildman–Crippen MR) is 96.0 cm³/mol. The number of rotatable bonds is 5. The van der Waals surface area contributed by atoms with Crippen molar-refractivity contribution in [2.45, 2.75) is 0 Å². The van der Waals surface area contributed by atoms with Crippen LogP contribution < -0.4 is 10.6 Å². The third kappa shape index (κ3) is 3.92. The Bertz CT molecular complexity index is 873. The summed E-state index contributed by atoms with van der Waals surface area (Å²) in [6.45, 7) is -0.114. The Balaban J connectivity index is 1.65. The van der Waals surface area contributed by atoms with Gasteiger partial charge in [0.05, 0.1) is 24.1 Å². The van der Waals surface area contributed by atoms with Gasteiger partial charge < -0.3 is 10.6 Å². The van der Waals surface area contributed by atoms with Gasteiger partial charge in [-0.05, 0) is 12.1 Å². The van der Waals surface area contributed by atoms with E-state index in [2.05, 4.69) is 15.7 Å². The van der Waals surface area contributed by atoms with Crippen LogP contribution in [0, 0.1) is 0 Å². The molecule has 2 N–H and O–H groups in total. The van der Waals surface area contributed by atoms with E-state index in [1.54, 1.807) is 35.1 Å². The van der Waals surface area contributed by atoms with Gasteiger partial charge in [0.2, 0.25) is 5.91 Å². The highest BCUT2D eigenvalue weighted by atomic mass is 16.2. The number of benzene rings is 2. The Morgan fingerprint density at radius 2 is 1.64 bits per heavy atom. The molecule has 2 aromatic carbocycles. The number of aromatic nitrogens is 2. The van der Waals surface area contributed by atoms with Crippen LogP contribution in [0.2, 0.25) is 0 Å². The van der Waals surface area contributed by atoms with Crippen LogP contribution in [-0.2, 0) is 11.8 Å². The summed E-state index contributed by atoms with van der Waals surface area (Å²) in [6.07, 6.45) is 1.60. The highest BCUT2D eigenvalue weighted by molar-refractivity contribution is 6.00. The van der Waals surface area contributed by atoms with Crippen LogP contribution >= 0.6 is 0 Å². The quantitative estimate of drug-likeness (QED) is 0.752. The molecule has 0 saturated carbocycles. The van der Waals surface area contributed by atoms with Crippen molar-refractivity contribution < 1.29 is 9.59 Å². The van der Waals surface area contributed by atoms with E-state index in [1.807, 2.05) is 43.4 Å². The number of anilines is 1. The van der Waals surface area contributed by atoms with Crippen LogP contribution in [-0.4, -0.2) is 28.1 Å². The van der Waals surface area contributed by atoms with Crippen LogP contribution in [0.4, 0.5) is 5.69 Å². The highest BCUT2D eigenvalue weighted by Crippen LogP contribution is 2.26. The van der Waals surface area contributed by atoms with Crippen LogP contribution in [0.5, 0.6) is 0 Å². The number of aryl methyl sites for hydroxylation is 1. The van der Waals surface area contributed by atoms with Gasteiger partial charge in [0, 0.05) is 18.2 Å². The lowest BCUT2D eigenvalue weighted by Gasteiger charge is -2.09. The van der Waals surface area contributed by atoms with Crippen molar-refractivity contribution >= 4 is 17.5 Å². The van der Waals surface area contributed by atoms with E-state index in [0.29, 0.717) is 11.3 Å². The third-order valence-electron chi connectivity index (χ3n) is 3.71. The molecule has 0 fully saturated rings. The molecular weight excluding hydrogens is 316 g/mol. The molecule has 0 aliphatic carbocycles. The molecule has 0 aliphatic rings. The fourth-order valence-corrected chi connectivity index (χ4v) is 2.51. The number of nitrogens with one attached hydrogen (secondary N) is 2. The Kier molecular flexibility index (Phi) is 4.89. The number of nitrogens with zero attached hydrogens (tertiary/aromatic N) is 2. The molecule has 1 aromatic heterocycles. The minimum Gasteiger partial charge on any atom is -0.343 e. The maximum absolute atomic E-state index is 12.2. The summed E-state index contributed by atoms with van der Waals surface area (Å²) in [5, 5.41) is 9.61. The molecule has 0 spiro atoms. The van der Waals surface area contributed by atoms with E-state index in [9.17, 15) is 9.59 Å². The summed E-state index contributed by atoms with van der Waals surface area (Å²) >= 11 is 0. The summed E-state index contributed by atoms with van der Waals surface area (Å²) in [4.78, 5) is 24.2. The number of carbonyl (C=O) groups is 2. The van der Waals surface area contributed by atoms with Crippen LogP contribution in [0.3, 0.4) is 0 Å².